The SMILES string of the molecule is CCCC(=O)N(O)CCCCCNC(=O)CCC(=O)N(O)CCCCCNC(=O)CCC(=O)N(O)CCCCCO. The molecule has 14 nitrogen and oxygen atoms in total. The number of aliphatic hydroxyl groups excluding tert-OH is 1. The summed E-state index contributed by atoms with van der Waals surface area (Å²) < 4.78 is 0. The zero-order valence-corrected chi connectivity index (χ0v) is 24.5. The molecule has 0 rings (SSSR count). The highest BCUT2D eigenvalue weighted by Crippen LogP contribution is 2.04. The van der Waals surface area contributed by atoms with E-state index in [2.05, 4.69) is 10.6 Å². The van der Waals surface area contributed by atoms with Crippen molar-refractivity contribution in [1.29, 1.82) is 0 Å². The van der Waals surface area contributed by atoms with Crippen molar-refractivity contribution in [3.8, 4) is 0 Å². The van der Waals surface area contributed by atoms with Crippen LogP contribution in [0.25, 0.3) is 0 Å². The van der Waals surface area contributed by atoms with Crippen molar-refractivity contribution in [3.05, 3.63) is 0 Å². The molecule has 0 aliphatic carbocycles. The molecule has 0 fully saturated rings. The van der Waals surface area contributed by atoms with Gasteiger partial charge in [-0.2, -0.15) is 0 Å². The summed E-state index contributed by atoms with van der Waals surface area (Å²) in [5.41, 5.74) is 0. The summed E-state index contributed by atoms with van der Waals surface area (Å²) in [7, 11) is 0. The van der Waals surface area contributed by atoms with Gasteiger partial charge in [0.2, 0.25) is 29.5 Å². The first-order chi connectivity index (χ1) is 19.6. The Kier molecular flexibility index (Phi) is 23.2. The van der Waals surface area contributed by atoms with Crippen LogP contribution in [0.15, 0.2) is 0 Å². The van der Waals surface area contributed by atoms with E-state index in [0.29, 0.717) is 87.4 Å². The molecule has 0 aromatic rings. The molecule has 0 radical (unpaired) electrons. The first kappa shape index (κ1) is 38.2. The third-order valence-corrected chi connectivity index (χ3v) is 6.23. The molecule has 0 aromatic heterocycles. The largest absolute Gasteiger partial charge is 0.396 e. The normalized spacial score (nSPS) is 10.7. The number of hydrogen-bond acceptors (Lipinski definition) is 9. The van der Waals surface area contributed by atoms with Crippen LogP contribution in [-0.2, 0) is 24.0 Å². The van der Waals surface area contributed by atoms with Crippen molar-refractivity contribution in [1.82, 2.24) is 25.8 Å². The predicted molar refractivity (Wildman–Crippen MR) is 149 cm³/mol. The van der Waals surface area contributed by atoms with Crippen molar-refractivity contribution in [2.75, 3.05) is 39.3 Å². The Labute approximate surface area is 242 Å². The number of aliphatic hydroxyl groups is 1. The summed E-state index contributed by atoms with van der Waals surface area (Å²) in [6, 6.07) is 0. The molecule has 0 unspecified atom stereocenters. The van der Waals surface area contributed by atoms with Gasteiger partial charge in [-0.1, -0.05) is 6.92 Å². The molecule has 238 valence electrons. The minimum Gasteiger partial charge on any atom is -0.396 e. The molecule has 41 heavy (non-hydrogen) atoms. The molecule has 5 amide bonds. The first-order valence-corrected chi connectivity index (χ1v) is 14.7. The number of unbranched alkanes of at least 4 members (excludes halogenated alkanes) is 6. The van der Waals surface area contributed by atoms with Crippen LogP contribution >= 0.6 is 0 Å². The number of carbonyl (C=O) groups excluding carboxylic acids is 5. The minimum atomic E-state index is -0.552. The smallest absolute Gasteiger partial charge is 0.246 e. The highest BCUT2D eigenvalue weighted by molar-refractivity contribution is 5.83. The van der Waals surface area contributed by atoms with Gasteiger partial charge in [-0.05, 0) is 64.2 Å². The van der Waals surface area contributed by atoms with Gasteiger partial charge in [0.1, 0.15) is 0 Å². The second-order valence-electron chi connectivity index (χ2n) is 9.91. The summed E-state index contributed by atoms with van der Waals surface area (Å²) in [6.07, 6.45) is 6.32. The summed E-state index contributed by atoms with van der Waals surface area (Å²) in [6.45, 7) is 3.25. The van der Waals surface area contributed by atoms with Crippen LogP contribution < -0.4 is 10.6 Å². The Bertz CT molecular complexity index is 769. The fraction of sp³-hybridized carbons (Fsp3) is 0.815. The van der Waals surface area contributed by atoms with Crippen LogP contribution in [-0.4, -0.2) is 105 Å². The van der Waals surface area contributed by atoms with Crippen molar-refractivity contribution in [2.24, 2.45) is 0 Å². The van der Waals surface area contributed by atoms with Gasteiger partial charge in [0.25, 0.3) is 0 Å². The lowest BCUT2D eigenvalue weighted by Gasteiger charge is -2.15. The third kappa shape index (κ3) is 21.6. The maximum absolute atomic E-state index is 12.0. The van der Waals surface area contributed by atoms with Gasteiger partial charge in [0.05, 0.1) is 0 Å². The first-order valence-electron chi connectivity index (χ1n) is 14.7. The third-order valence-electron chi connectivity index (χ3n) is 6.23. The van der Waals surface area contributed by atoms with Gasteiger partial charge < -0.3 is 15.7 Å². The van der Waals surface area contributed by atoms with Crippen LogP contribution in [0.4, 0.5) is 0 Å². The van der Waals surface area contributed by atoms with E-state index in [1.807, 2.05) is 6.92 Å². The van der Waals surface area contributed by atoms with Crippen molar-refractivity contribution in [2.45, 2.75) is 103 Å². The second kappa shape index (κ2) is 24.9. The maximum atomic E-state index is 12.0. The van der Waals surface area contributed by atoms with Gasteiger partial charge in [-0.3, -0.25) is 39.6 Å². The fourth-order valence-corrected chi connectivity index (χ4v) is 3.73. The average molecular weight is 590 g/mol. The van der Waals surface area contributed by atoms with E-state index in [9.17, 15) is 39.6 Å². The van der Waals surface area contributed by atoms with E-state index >= 15 is 0 Å². The van der Waals surface area contributed by atoms with Crippen LogP contribution in [0, 0.1) is 0 Å². The molecule has 6 N–H and O–H groups in total. The molecule has 0 aliphatic rings. The van der Waals surface area contributed by atoms with Crippen LogP contribution in [0.1, 0.15) is 103 Å². The van der Waals surface area contributed by atoms with Crippen molar-refractivity contribution >= 4 is 29.5 Å². The Morgan fingerprint density at radius 3 is 1.24 bits per heavy atom. The molecule has 0 aromatic carbocycles. The molecule has 0 spiro atoms. The zero-order chi connectivity index (χ0) is 30.9. The number of rotatable bonds is 25. The summed E-state index contributed by atoms with van der Waals surface area (Å²) in [5, 5.41) is 45.2. The minimum absolute atomic E-state index is 0.0389. The Morgan fingerprint density at radius 1 is 0.512 bits per heavy atom. The average Bonchev–Trinajstić information content (AvgIpc) is 2.95. The van der Waals surface area contributed by atoms with Crippen LogP contribution in [0.3, 0.4) is 0 Å². The zero-order valence-electron chi connectivity index (χ0n) is 24.5. The van der Waals surface area contributed by atoms with E-state index in [0.717, 1.165) is 11.5 Å². The number of nitrogens with one attached hydrogen (secondary N) is 2. The van der Waals surface area contributed by atoms with Gasteiger partial charge in [-0.25, -0.2) is 15.2 Å². The Balaban J connectivity index is 3.77. The van der Waals surface area contributed by atoms with E-state index in [1.165, 1.54) is 0 Å². The Hall–Kier alpha value is -2.81. The molecule has 14 heteroatoms. The van der Waals surface area contributed by atoms with Crippen LogP contribution in [0.2, 0.25) is 0 Å². The van der Waals surface area contributed by atoms with Crippen LogP contribution in [0.5, 0.6) is 0 Å². The van der Waals surface area contributed by atoms with E-state index in [4.69, 9.17) is 5.11 Å². The highest BCUT2D eigenvalue weighted by Gasteiger charge is 2.14. The second-order valence-corrected chi connectivity index (χ2v) is 9.91. The van der Waals surface area contributed by atoms with Crippen molar-refractivity contribution < 1.29 is 44.7 Å². The highest BCUT2D eigenvalue weighted by atomic mass is 16.5. The molecular formula is C27H51N5O9. The van der Waals surface area contributed by atoms with Crippen molar-refractivity contribution in [3.63, 3.8) is 0 Å². The molecule has 0 atom stereocenters. The number of nitrogens with zero attached hydrogens (tertiary/aromatic N) is 3. The van der Waals surface area contributed by atoms with E-state index in [1.54, 1.807) is 0 Å². The predicted octanol–water partition coefficient (Wildman–Crippen LogP) is 1.74. The molecule has 0 heterocycles. The van der Waals surface area contributed by atoms with Gasteiger partial charge >= 0.3 is 0 Å². The number of hydroxylamine groups is 6. The lowest BCUT2D eigenvalue weighted by Crippen LogP contribution is -2.31. The molecule has 0 saturated heterocycles. The number of hydrogen-bond donors (Lipinski definition) is 6. The monoisotopic (exact) mass is 589 g/mol. The standard InChI is InChI=1S/C27H51N5O9/c1-2-12-25(36)30(39)19-8-3-6-17-28-23(34)13-15-26(37)31(40)20-9-4-7-18-29-24(35)14-16-27(38)32(41)21-10-5-11-22-33/h33,39-41H,2-22H2,1H3,(H,28,34)(H,29,35). The lowest BCUT2D eigenvalue weighted by atomic mass is 10.2. The Morgan fingerprint density at radius 2 is 0.878 bits per heavy atom. The number of amides is 5. The van der Waals surface area contributed by atoms with Gasteiger partial charge in [-0.15, -0.1) is 0 Å². The number of carbonyl (C=O) groups is 5. The molecule has 0 saturated carbocycles. The fourth-order valence-electron chi connectivity index (χ4n) is 3.73. The quantitative estimate of drug-likeness (QED) is 0.0521. The maximum Gasteiger partial charge on any atom is 0.246 e. The van der Waals surface area contributed by atoms with Gasteiger partial charge in [0, 0.05) is 71.4 Å². The molecule has 0 bridgehead atoms. The molecular weight excluding hydrogens is 538 g/mol. The lowest BCUT2D eigenvalue weighted by molar-refractivity contribution is -0.166. The van der Waals surface area contributed by atoms with E-state index in [-0.39, 0.29) is 69.6 Å². The van der Waals surface area contributed by atoms with E-state index < -0.39 is 11.8 Å². The summed E-state index contributed by atoms with van der Waals surface area (Å²) in [4.78, 5) is 59.1. The summed E-state index contributed by atoms with van der Waals surface area (Å²) >= 11 is 0. The topological polar surface area (TPSA) is 200 Å². The molecule has 0 aliphatic heterocycles. The van der Waals surface area contributed by atoms with Gasteiger partial charge in [0.15, 0.2) is 0 Å². The summed E-state index contributed by atoms with van der Waals surface area (Å²) in [5.74, 6) is -1.98.